The summed E-state index contributed by atoms with van der Waals surface area (Å²) in [6, 6.07) is 6.54. The van der Waals surface area contributed by atoms with Crippen molar-refractivity contribution < 1.29 is 4.79 Å². The SMILES string of the molecule is NC(=O)c1c(Br)cccc1N1CCC(C2CCCN2)CC1. The van der Waals surface area contributed by atoms with Crippen LogP contribution >= 0.6 is 15.9 Å². The lowest BCUT2D eigenvalue weighted by Crippen LogP contribution is -2.41. The van der Waals surface area contributed by atoms with Crippen molar-refractivity contribution in [1.29, 1.82) is 0 Å². The molecule has 0 radical (unpaired) electrons. The molecule has 2 fully saturated rings. The highest BCUT2D eigenvalue weighted by molar-refractivity contribution is 9.10. The van der Waals surface area contributed by atoms with Crippen molar-refractivity contribution >= 4 is 27.5 Å². The van der Waals surface area contributed by atoms with Gasteiger partial charge in [-0.15, -0.1) is 0 Å². The summed E-state index contributed by atoms with van der Waals surface area (Å²) in [6.07, 6.45) is 4.99. The third kappa shape index (κ3) is 3.09. The maximum absolute atomic E-state index is 11.7. The Hall–Kier alpha value is -1.07. The minimum absolute atomic E-state index is 0.364. The average Bonchev–Trinajstić information content (AvgIpc) is 3.01. The molecule has 1 aromatic carbocycles. The lowest BCUT2D eigenvalue weighted by molar-refractivity contribution is 0.1000. The Morgan fingerprint density at radius 2 is 2.05 bits per heavy atom. The topological polar surface area (TPSA) is 58.4 Å². The summed E-state index contributed by atoms with van der Waals surface area (Å²) < 4.78 is 0.784. The fourth-order valence-corrected chi connectivity index (χ4v) is 4.23. The van der Waals surface area contributed by atoms with Crippen LogP contribution in [0.4, 0.5) is 5.69 Å². The van der Waals surface area contributed by atoms with Crippen molar-refractivity contribution in [3.05, 3.63) is 28.2 Å². The fraction of sp³-hybridized carbons (Fsp3) is 0.562. The molecule has 0 bridgehead atoms. The van der Waals surface area contributed by atoms with Gasteiger partial charge in [0.15, 0.2) is 0 Å². The summed E-state index contributed by atoms with van der Waals surface area (Å²) in [4.78, 5) is 14.0. The van der Waals surface area contributed by atoms with E-state index in [-0.39, 0.29) is 5.91 Å². The van der Waals surface area contributed by atoms with Crippen LogP contribution in [0.2, 0.25) is 0 Å². The number of rotatable bonds is 3. The highest BCUT2D eigenvalue weighted by atomic mass is 79.9. The Labute approximate surface area is 134 Å². The van der Waals surface area contributed by atoms with Gasteiger partial charge in [-0.1, -0.05) is 6.07 Å². The Kier molecular flexibility index (Phi) is 4.50. The highest BCUT2D eigenvalue weighted by Gasteiger charge is 2.29. The predicted molar refractivity (Wildman–Crippen MR) is 88.6 cm³/mol. The standard InChI is InChI=1S/C16H22BrN3O/c17-12-3-1-5-14(15(12)16(18)21)20-9-6-11(7-10-20)13-4-2-8-19-13/h1,3,5,11,13,19H,2,4,6-10H2,(H2,18,21). The maximum Gasteiger partial charge on any atom is 0.251 e. The van der Waals surface area contributed by atoms with Crippen molar-refractivity contribution in [2.75, 3.05) is 24.5 Å². The van der Waals surface area contributed by atoms with Crippen LogP contribution in [0.5, 0.6) is 0 Å². The minimum atomic E-state index is -0.364. The number of nitrogens with two attached hydrogens (primary N) is 1. The molecule has 3 rings (SSSR count). The van der Waals surface area contributed by atoms with Crippen LogP contribution in [-0.4, -0.2) is 31.6 Å². The van der Waals surface area contributed by atoms with Crippen LogP contribution in [-0.2, 0) is 0 Å². The predicted octanol–water partition coefficient (Wildman–Crippen LogP) is 2.52. The number of primary amides is 1. The van der Waals surface area contributed by atoms with Gasteiger partial charge in [0.1, 0.15) is 0 Å². The summed E-state index contributed by atoms with van der Waals surface area (Å²) >= 11 is 3.44. The molecule has 0 spiro atoms. The lowest BCUT2D eigenvalue weighted by atomic mass is 9.88. The van der Waals surface area contributed by atoms with E-state index in [2.05, 4.69) is 26.1 Å². The van der Waals surface area contributed by atoms with Crippen molar-refractivity contribution in [3.8, 4) is 0 Å². The molecule has 0 saturated carbocycles. The molecule has 2 aliphatic heterocycles. The van der Waals surface area contributed by atoms with Gasteiger partial charge in [0.25, 0.3) is 5.91 Å². The summed E-state index contributed by atoms with van der Waals surface area (Å²) in [7, 11) is 0. The molecule has 2 heterocycles. The number of hydrogen-bond donors (Lipinski definition) is 2. The first kappa shape index (κ1) is 14.9. The third-order valence-electron chi connectivity index (χ3n) is 4.79. The summed E-state index contributed by atoms with van der Waals surface area (Å²) in [6.45, 7) is 3.17. The van der Waals surface area contributed by atoms with Crippen molar-refractivity contribution in [3.63, 3.8) is 0 Å². The monoisotopic (exact) mass is 351 g/mol. The molecule has 1 amide bonds. The van der Waals surface area contributed by atoms with Gasteiger partial charge >= 0.3 is 0 Å². The second-order valence-electron chi connectivity index (χ2n) is 6.03. The Bertz CT molecular complexity index is 520. The molecule has 2 aliphatic rings. The van der Waals surface area contributed by atoms with Gasteiger partial charge in [-0.05, 0) is 66.2 Å². The molecule has 2 saturated heterocycles. The number of nitrogens with one attached hydrogen (secondary N) is 1. The number of hydrogen-bond acceptors (Lipinski definition) is 3. The van der Waals surface area contributed by atoms with E-state index in [1.165, 1.54) is 32.2 Å². The molecule has 3 N–H and O–H groups in total. The van der Waals surface area contributed by atoms with E-state index in [0.717, 1.165) is 29.2 Å². The van der Waals surface area contributed by atoms with E-state index in [0.29, 0.717) is 11.6 Å². The number of carbonyl (C=O) groups excluding carboxylic acids is 1. The van der Waals surface area contributed by atoms with E-state index in [1.54, 1.807) is 0 Å². The zero-order chi connectivity index (χ0) is 14.8. The summed E-state index contributed by atoms with van der Waals surface area (Å²) in [5, 5.41) is 3.62. The van der Waals surface area contributed by atoms with Crippen LogP contribution in [0.25, 0.3) is 0 Å². The van der Waals surface area contributed by atoms with Crippen molar-refractivity contribution in [2.24, 2.45) is 11.7 Å². The third-order valence-corrected chi connectivity index (χ3v) is 5.45. The van der Waals surface area contributed by atoms with E-state index in [4.69, 9.17) is 5.73 Å². The largest absolute Gasteiger partial charge is 0.371 e. The normalized spacial score (nSPS) is 23.5. The van der Waals surface area contributed by atoms with Gasteiger partial charge < -0.3 is 16.0 Å². The number of carbonyl (C=O) groups is 1. The zero-order valence-corrected chi connectivity index (χ0v) is 13.7. The number of anilines is 1. The van der Waals surface area contributed by atoms with Gasteiger partial charge in [0, 0.05) is 23.6 Å². The first-order valence-corrected chi connectivity index (χ1v) is 8.53. The number of amides is 1. The molecule has 0 aromatic heterocycles. The molecular formula is C16H22BrN3O. The van der Waals surface area contributed by atoms with E-state index >= 15 is 0 Å². The van der Waals surface area contributed by atoms with Crippen LogP contribution in [0, 0.1) is 5.92 Å². The second kappa shape index (κ2) is 6.36. The first-order valence-electron chi connectivity index (χ1n) is 7.73. The lowest BCUT2D eigenvalue weighted by Gasteiger charge is -2.37. The molecule has 1 aromatic rings. The molecule has 4 nitrogen and oxygen atoms in total. The van der Waals surface area contributed by atoms with E-state index in [9.17, 15) is 4.79 Å². The Morgan fingerprint density at radius 3 is 2.67 bits per heavy atom. The maximum atomic E-state index is 11.7. The molecule has 21 heavy (non-hydrogen) atoms. The number of halogens is 1. The van der Waals surface area contributed by atoms with E-state index in [1.807, 2.05) is 18.2 Å². The van der Waals surface area contributed by atoms with Crippen LogP contribution in [0.3, 0.4) is 0 Å². The fourth-order valence-electron chi connectivity index (χ4n) is 3.68. The van der Waals surface area contributed by atoms with Crippen molar-refractivity contribution in [2.45, 2.75) is 31.7 Å². The first-order chi connectivity index (χ1) is 10.2. The molecule has 1 atom stereocenters. The minimum Gasteiger partial charge on any atom is -0.371 e. The molecule has 5 heteroatoms. The molecule has 1 unspecified atom stereocenters. The van der Waals surface area contributed by atoms with Gasteiger partial charge in [-0.3, -0.25) is 4.79 Å². The molecular weight excluding hydrogens is 330 g/mol. The molecule has 0 aliphatic carbocycles. The van der Waals surface area contributed by atoms with Gasteiger partial charge in [-0.25, -0.2) is 0 Å². The van der Waals surface area contributed by atoms with Crippen molar-refractivity contribution in [1.82, 2.24) is 5.32 Å². The number of nitrogens with zero attached hydrogens (tertiary/aromatic N) is 1. The van der Waals surface area contributed by atoms with Gasteiger partial charge in [0.05, 0.1) is 11.3 Å². The average molecular weight is 352 g/mol. The van der Waals surface area contributed by atoms with Gasteiger partial charge in [-0.2, -0.15) is 0 Å². The second-order valence-corrected chi connectivity index (χ2v) is 6.88. The molecule has 114 valence electrons. The number of piperidine rings is 1. The Morgan fingerprint density at radius 1 is 1.29 bits per heavy atom. The van der Waals surface area contributed by atoms with E-state index < -0.39 is 0 Å². The van der Waals surface area contributed by atoms with Crippen LogP contribution < -0.4 is 16.0 Å². The zero-order valence-electron chi connectivity index (χ0n) is 12.1. The van der Waals surface area contributed by atoms with Crippen LogP contribution in [0.15, 0.2) is 22.7 Å². The summed E-state index contributed by atoms with van der Waals surface area (Å²) in [5.41, 5.74) is 7.12. The van der Waals surface area contributed by atoms with Gasteiger partial charge in [0.2, 0.25) is 0 Å². The summed E-state index contributed by atoms with van der Waals surface area (Å²) in [5.74, 6) is 0.407. The van der Waals surface area contributed by atoms with Crippen LogP contribution in [0.1, 0.15) is 36.0 Å². The number of benzene rings is 1. The highest BCUT2D eigenvalue weighted by Crippen LogP contribution is 2.32. The quantitative estimate of drug-likeness (QED) is 0.879. The smallest absolute Gasteiger partial charge is 0.251 e. The Balaban J connectivity index is 1.72.